The van der Waals surface area contributed by atoms with Crippen LogP contribution in [0, 0.1) is 5.92 Å². The predicted molar refractivity (Wildman–Crippen MR) is 112 cm³/mol. The number of alkyl halides is 3. The third kappa shape index (κ3) is 4.92. The fraction of sp³-hybridized carbons (Fsp3) is 0.455. The number of H-pyrrole nitrogens is 1. The first kappa shape index (κ1) is 24.4. The number of amides is 2. The van der Waals surface area contributed by atoms with Crippen molar-refractivity contribution in [3.63, 3.8) is 0 Å². The van der Waals surface area contributed by atoms with Gasteiger partial charge in [-0.05, 0) is 30.5 Å². The van der Waals surface area contributed by atoms with Gasteiger partial charge >= 0.3 is 12.1 Å². The maximum atomic E-state index is 13.3. The number of carbonyl (C=O) groups excluding carboxylic acids is 4. The molecule has 2 heterocycles. The van der Waals surface area contributed by atoms with Crippen molar-refractivity contribution in [2.45, 2.75) is 25.6 Å². The van der Waals surface area contributed by atoms with Gasteiger partial charge in [0.25, 0.3) is 11.7 Å². The Labute approximate surface area is 187 Å². The SMILES string of the molecule is COCc1cc2[nH]cc(C(=O)C(=O)N(C)C)c2cc1C(=O)C1CCN(C(=O)C(F)(F)F)CC1. The van der Waals surface area contributed by atoms with Gasteiger partial charge in [-0.15, -0.1) is 0 Å². The molecule has 0 unspecified atom stereocenters. The van der Waals surface area contributed by atoms with E-state index in [4.69, 9.17) is 4.74 Å². The van der Waals surface area contributed by atoms with Gasteiger partial charge in [0.2, 0.25) is 0 Å². The molecule has 1 aliphatic heterocycles. The lowest BCUT2D eigenvalue weighted by Gasteiger charge is -2.32. The number of hydrogen-bond donors (Lipinski definition) is 1. The molecule has 0 radical (unpaired) electrons. The second-order valence-electron chi connectivity index (χ2n) is 8.15. The van der Waals surface area contributed by atoms with E-state index in [1.54, 1.807) is 6.07 Å². The van der Waals surface area contributed by atoms with Crippen LogP contribution >= 0.6 is 0 Å². The van der Waals surface area contributed by atoms with Crippen LogP contribution in [0.2, 0.25) is 0 Å². The lowest BCUT2D eigenvalue weighted by atomic mass is 9.86. The summed E-state index contributed by atoms with van der Waals surface area (Å²) in [7, 11) is 4.37. The summed E-state index contributed by atoms with van der Waals surface area (Å²) in [5.41, 5.74) is 1.48. The van der Waals surface area contributed by atoms with Crippen LogP contribution < -0.4 is 0 Å². The second-order valence-corrected chi connectivity index (χ2v) is 8.15. The fourth-order valence-electron chi connectivity index (χ4n) is 3.97. The van der Waals surface area contributed by atoms with Gasteiger partial charge in [0.05, 0.1) is 12.2 Å². The van der Waals surface area contributed by atoms with Crippen molar-refractivity contribution < 1.29 is 37.1 Å². The highest BCUT2D eigenvalue weighted by molar-refractivity contribution is 6.44. The van der Waals surface area contributed by atoms with Crippen molar-refractivity contribution in [1.82, 2.24) is 14.8 Å². The van der Waals surface area contributed by atoms with Gasteiger partial charge in [-0.25, -0.2) is 0 Å². The molecule has 11 heteroatoms. The second kappa shape index (κ2) is 9.34. The highest BCUT2D eigenvalue weighted by Crippen LogP contribution is 2.30. The van der Waals surface area contributed by atoms with Gasteiger partial charge in [-0.2, -0.15) is 13.2 Å². The van der Waals surface area contributed by atoms with Gasteiger partial charge in [0, 0.05) is 62.9 Å². The molecule has 0 atom stereocenters. The Hall–Kier alpha value is -3.21. The Morgan fingerprint density at radius 3 is 2.30 bits per heavy atom. The summed E-state index contributed by atoms with van der Waals surface area (Å²) in [6.45, 7) is -0.259. The molecule has 0 aliphatic carbocycles. The number of fused-ring (bicyclic) bond motifs is 1. The summed E-state index contributed by atoms with van der Waals surface area (Å²) in [6.07, 6.45) is -3.37. The van der Waals surface area contributed by atoms with Crippen LogP contribution in [0.3, 0.4) is 0 Å². The lowest BCUT2D eigenvalue weighted by molar-refractivity contribution is -0.186. The number of methoxy groups -OCH3 is 1. The van der Waals surface area contributed by atoms with E-state index in [1.807, 2.05) is 0 Å². The Morgan fingerprint density at radius 2 is 1.76 bits per heavy atom. The standard InChI is InChI=1S/C22H24F3N3O5/c1-27(2)20(31)19(30)16-10-26-17-8-13(11-33-3)14(9-15(16)17)18(29)12-4-6-28(7-5-12)21(32)22(23,24)25/h8-10,12,26H,4-7,11H2,1-3H3. The summed E-state index contributed by atoms with van der Waals surface area (Å²) in [5, 5.41) is 0.392. The Balaban J connectivity index is 1.91. The number of likely N-dealkylation sites (tertiary alicyclic amines) is 1. The number of halogens is 3. The molecular weight excluding hydrogens is 443 g/mol. The van der Waals surface area contributed by atoms with Crippen LogP contribution in [0.15, 0.2) is 18.3 Å². The number of nitrogens with zero attached hydrogens (tertiary/aromatic N) is 2. The van der Waals surface area contributed by atoms with Gasteiger partial charge in [0.1, 0.15) is 0 Å². The number of aromatic amines is 1. The van der Waals surface area contributed by atoms with Gasteiger partial charge < -0.3 is 19.5 Å². The van der Waals surface area contributed by atoms with Crippen LogP contribution in [0.25, 0.3) is 10.9 Å². The Kier molecular flexibility index (Phi) is 6.92. The average molecular weight is 467 g/mol. The van der Waals surface area contributed by atoms with E-state index in [2.05, 4.69) is 4.98 Å². The van der Waals surface area contributed by atoms with Crippen LogP contribution in [0.1, 0.15) is 39.1 Å². The molecule has 2 aromatic rings. The van der Waals surface area contributed by atoms with Crippen molar-refractivity contribution in [1.29, 1.82) is 0 Å². The molecule has 1 fully saturated rings. The van der Waals surface area contributed by atoms with Crippen molar-refractivity contribution in [3.8, 4) is 0 Å². The maximum Gasteiger partial charge on any atom is 0.471 e. The highest BCUT2D eigenvalue weighted by Gasteiger charge is 2.43. The smallest absolute Gasteiger partial charge is 0.380 e. The normalized spacial score (nSPS) is 15.0. The molecule has 2 amide bonds. The number of ether oxygens (including phenoxy) is 1. The molecule has 33 heavy (non-hydrogen) atoms. The molecule has 8 nitrogen and oxygen atoms in total. The zero-order valence-electron chi connectivity index (χ0n) is 18.4. The van der Waals surface area contributed by atoms with Crippen LogP contribution in [0.5, 0.6) is 0 Å². The largest absolute Gasteiger partial charge is 0.471 e. The molecule has 0 bridgehead atoms. The minimum Gasteiger partial charge on any atom is -0.380 e. The van der Waals surface area contributed by atoms with Crippen LogP contribution in [-0.4, -0.2) is 78.6 Å². The summed E-state index contributed by atoms with van der Waals surface area (Å²) in [6, 6.07) is 3.18. The summed E-state index contributed by atoms with van der Waals surface area (Å²) in [5.74, 6) is -4.25. The van der Waals surface area contributed by atoms with Crippen LogP contribution in [0.4, 0.5) is 13.2 Å². The predicted octanol–water partition coefficient (Wildman–Crippen LogP) is 2.57. The quantitative estimate of drug-likeness (QED) is 0.520. The minimum atomic E-state index is -4.95. The maximum absolute atomic E-state index is 13.3. The summed E-state index contributed by atoms with van der Waals surface area (Å²) < 4.78 is 43.3. The number of carbonyl (C=O) groups is 4. The number of piperidine rings is 1. The number of Topliss-reactive ketones (excluding diaryl/α,β-unsaturated/α-hetero) is 2. The Bertz CT molecular complexity index is 1100. The average Bonchev–Trinajstić information content (AvgIpc) is 3.19. The van der Waals surface area contributed by atoms with E-state index in [1.165, 1.54) is 33.5 Å². The molecule has 1 aromatic carbocycles. The van der Waals surface area contributed by atoms with Crippen molar-refractivity contribution in [2.75, 3.05) is 34.3 Å². The van der Waals surface area contributed by atoms with E-state index in [0.29, 0.717) is 21.4 Å². The zero-order chi connectivity index (χ0) is 24.5. The van der Waals surface area contributed by atoms with Crippen LogP contribution in [-0.2, 0) is 20.9 Å². The number of ketones is 2. The number of likely N-dealkylation sites (N-methyl/N-ethyl adjacent to an activating group) is 1. The number of rotatable bonds is 6. The number of hydrogen-bond acceptors (Lipinski definition) is 5. The van der Waals surface area contributed by atoms with Crippen molar-refractivity contribution in [3.05, 3.63) is 35.0 Å². The van der Waals surface area contributed by atoms with Gasteiger partial charge in [-0.3, -0.25) is 19.2 Å². The van der Waals surface area contributed by atoms with Crippen molar-refractivity contribution in [2.24, 2.45) is 5.92 Å². The minimum absolute atomic E-state index is 0.0865. The molecule has 0 spiro atoms. The summed E-state index contributed by atoms with van der Waals surface area (Å²) in [4.78, 5) is 54.3. The lowest BCUT2D eigenvalue weighted by Crippen LogP contribution is -2.46. The van der Waals surface area contributed by atoms with Crippen molar-refractivity contribution >= 4 is 34.3 Å². The number of nitrogens with one attached hydrogen (secondary N) is 1. The first-order valence-corrected chi connectivity index (χ1v) is 10.2. The zero-order valence-corrected chi connectivity index (χ0v) is 18.4. The number of aromatic nitrogens is 1. The van der Waals surface area contributed by atoms with Gasteiger partial charge in [-0.1, -0.05) is 0 Å². The van der Waals surface area contributed by atoms with E-state index >= 15 is 0 Å². The van der Waals surface area contributed by atoms with E-state index in [0.717, 1.165) is 4.90 Å². The fourth-order valence-corrected chi connectivity index (χ4v) is 3.97. The van der Waals surface area contributed by atoms with Gasteiger partial charge in [0.15, 0.2) is 5.78 Å². The Morgan fingerprint density at radius 1 is 1.12 bits per heavy atom. The molecule has 1 aliphatic rings. The first-order chi connectivity index (χ1) is 15.5. The monoisotopic (exact) mass is 467 g/mol. The summed E-state index contributed by atoms with van der Waals surface area (Å²) >= 11 is 0. The van der Waals surface area contributed by atoms with E-state index in [9.17, 15) is 32.3 Å². The molecule has 1 saturated heterocycles. The molecule has 3 rings (SSSR count). The van der Waals surface area contributed by atoms with E-state index in [-0.39, 0.29) is 49.4 Å². The topological polar surface area (TPSA) is 99.8 Å². The molecule has 1 aromatic heterocycles. The first-order valence-electron chi connectivity index (χ1n) is 10.2. The molecule has 0 saturated carbocycles. The van der Waals surface area contributed by atoms with E-state index < -0.39 is 29.7 Å². The third-order valence-corrected chi connectivity index (χ3v) is 5.71. The highest BCUT2D eigenvalue weighted by atomic mass is 19.4. The molecule has 178 valence electrons. The molecular formula is C22H24F3N3O5. The molecule has 1 N–H and O–H groups in total. The number of benzene rings is 1. The third-order valence-electron chi connectivity index (χ3n) is 5.71.